The minimum atomic E-state index is -0.704. The molecule has 1 heterocycles. The first-order valence-electron chi connectivity index (χ1n) is 13.1. The van der Waals surface area contributed by atoms with Gasteiger partial charge in [-0.1, -0.05) is 59.3 Å². The van der Waals surface area contributed by atoms with Crippen LogP contribution in [-0.4, -0.2) is 28.1 Å². The molecule has 42 heavy (non-hydrogen) atoms. The van der Waals surface area contributed by atoms with Crippen LogP contribution in [0.4, 0.5) is 11.4 Å². The molecule has 0 saturated carbocycles. The van der Waals surface area contributed by atoms with Gasteiger partial charge in [-0.05, 0) is 61.4 Å². The highest BCUT2D eigenvalue weighted by molar-refractivity contribution is 6.32. The monoisotopic (exact) mass is 584 g/mol. The zero-order valence-corrected chi connectivity index (χ0v) is 24.1. The smallest absolute Gasteiger partial charge is 0.332 e. The zero-order chi connectivity index (χ0) is 30.2. The third-order valence-electron chi connectivity index (χ3n) is 6.45. The fraction of sp³-hybridized carbons (Fsp3) is 0.188. The molecule has 9 nitrogen and oxygen atoms in total. The third kappa shape index (κ3) is 7.36. The van der Waals surface area contributed by atoms with Gasteiger partial charge < -0.3 is 15.4 Å². The predicted molar refractivity (Wildman–Crippen MR) is 163 cm³/mol. The maximum atomic E-state index is 12.7. The van der Waals surface area contributed by atoms with E-state index < -0.39 is 17.2 Å². The van der Waals surface area contributed by atoms with Crippen molar-refractivity contribution < 1.29 is 14.3 Å². The maximum absolute atomic E-state index is 12.7. The molecule has 3 aromatic carbocycles. The van der Waals surface area contributed by atoms with Crippen molar-refractivity contribution in [3.63, 3.8) is 0 Å². The highest BCUT2D eigenvalue weighted by atomic mass is 35.5. The maximum Gasteiger partial charge on any atom is 0.332 e. The van der Waals surface area contributed by atoms with Gasteiger partial charge in [0.2, 0.25) is 5.91 Å². The van der Waals surface area contributed by atoms with Crippen LogP contribution in [0, 0.1) is 18.8 Å². The van der Waals surface area contributed by atoms with E-state index in [4.69, 9.17) is 16.3 Å². The summed E-state index contributed by atoms with van der Waals surface area (Å²) < 4.78 is 7.16. The van der Waals surface area contributed by atoms with Gasteiger partial charge in [-0.2, -0.15) is 0 Å². The van der Waals surface area contributed by atoms with Crippen LogP contribution in [0.3, 0.4) is 0 Å². The normalized spacial score (nSPS) is 10.4. The molecule has 0 saturated heterocycles. The predicted octanol–water partition coefficient (Wildman–Crippen LogP) is 4.39. The molecule has 214 valence electrons. The number of carbonyl (C=O) groups excluding carboxylic acids is 2. The Balaban J connectivity index is 1.43. The second-order valence-corrected chi connectivity index (χ2v) is 9.86. The number of hydrogen-bond acceptors (Lipinski definition) is 5. The molecule has 10 heteroatoms. The SMILES string of the molecule is COc1cccc(C(=O)Nc2ccc(C#CCn3c(Cl)c(NC(=O)CCc4ccc(C)cc4)c(=O)n(C)c3=O)cc2)c1. The summed E-state index contributed by atoms with van der Waals surface area (Å²) in [5.41, 5.74) is 2.24. The number of benzene rings is 3. The summed E-state index contributed by atoms with van der Waals surface area (Å²) in [5, 5.41) is 5.18. The Labute approximate surface area is 247 Å². The van der Waals surface area contributed by atoms with Crippen LogP contribution in [-0.2, 0) is 24.8 Å². The Morgan fingerprint density at radius 2 is 1.69 bits per heavy atom. The van der Waals surface area contributed by atoms with Crippen molar-refractivity contribution in [2.45, 2.75) is 26.3 Å². The van der Waals surface area contributed by atoms with Gasteiger partial charge in [0.1, 0.15) is 16.6 Å². The quantitative estimate of drug-likeness (QED) is 0.236. The topological polar surface area (TPSA) is 111 Å². The van der Waals surface area contributed by atoms with Crippen molar-refractivity contribution in [3.8, 4) is 17.6 Å². The third-order valence-corrected chi connectivity index (χ3v) is 6.84. The average molecular weight is 585 g/mol. The van der Waals surface area contributed by atoms with Gasteiger partial charge in [0.15, 0.2) is 0 Å². The molecule has 0 radical (unpaired) electrons. The Hall–Kier alpha value is -5.07. The Morgan fingerprint density at radius 1 is 0.976 bits per heavy atom. The average Bonchev–Trinajstić information content (AvgIpc) is 3.00. The molecule has 2 N–H and O–H groups in total. The lowest BCUT2D eigenvalue weighted by atomic mass is 10.1. The fourth-order valence-electron chi connectivity index (χ4n) is 4.02. The molecule has 0 bridgehead atoms. The van der Waals surface area contributed by atoms with Crippen LogP contribution >= 0.6 is 11.6 Å². The summed E-state index contributed by atoms with van der Waals surface area (Å²) >= 11 is 6.41. The number of rotatable bonds is 8. The van der Waals surface area contributed by atoms with Gasteiger partial charge >= 0.3 is 5.69 Å². The number of halogens is 1. The summed E-state index contributed by atoms with van der Waals surface area (Å²) in [6.07, 6.45) is 0.621. The van der Waals surface area contributed by atoms with E-state index in [2.05, 4.69) is 22.5 Å². The standard InChI is InChI=1S/C32H29ClN4O5/c1-21-9-11-23(12-10-21)15-18-27(38)35-28-29(33)37(32(41)36(2)31(28)40)19-5-6-22-13-16-25(17-14-22)34-30(39)24-7-4-8-26(20-24)42-3/h4,7-14,16-17,20H,15,18-19H2,1-3H3,(H,34,39)(H,35,38). The molecular formula is C32H29ClN4O5. The first-order chi connectivity index (χ1) is 20.2. The van der Waals surface area contributed by atoms with Crippen LogP contribution in [0.15, 0.2) is 82.4 Å². The molecule has 1 aromatic heterocycles. The summed E-state index contributed by atoms with van der Waals surface area (Å²) in [4.78, 5) is 50.6. The number of aromatic nitrogens is 2. The second kappa shape index (κ2) is 13.5. The molecule has 0 aliphatic rings. The largest absolute Gasteiger partial charge is 0.497 e. The van der Waals surface area contributed by atoms with Crippen molar-refractivity contribution in [1.82, 2.24) is 9.13 Å². The Bertz CT molecular complexity index is 1800. The lowest BCUT2D eigenvalue weighted by molar-refractivity contribution is -0.116. The molecule has 0 fully saturated rings. The van der Waals surface area contributed by atoms with Gasteiger partial charge in [0, 0.05) is 30.3 Å². The lowest BCUT2D eigenvalue weighted by Gasteiger charge is -2.13. The number of aryl methyl sites for hydroxylation is 2. The number of ether oxygens (including phenoxy) is 1. The lowest BCUT2D eigenvalue weighted by Crippen LogP contribution is -2.40. The van der Waals surface area contributed by atoms with E-state index in [1.807, 2.05) is 31.2 Å². The first-order valence-corrected chi connectivity index (χ1v) is 13.4. The van der Waals surface area contributed by atoms with Gasteiger partial charge in [-0.15, -0.1) is 0 Å². The molecule has 0 atom stereocenters. The van der Waals surface area contributed by atoms with Gasteiger partial charge in [-0.25, -0.2) is 4.79 Å². The van der Waals surface area contributed by atoms with E-state index in [-0.39, 0.29) is 29.7 Å². The van der Waals surface area contributed by atoms with Crippen LogP contribution < -0.4 is 26.6 Å². The molecule has 0 aliphatic carbocycles. The number of nitrogens with one attached hydrogen (secondary N) is 2. The molecule has 0 spiro atoms. The number of hydrogen-bond donors (Lipinski definition) is 2. The van der Waals surface area contributed by atoms with E-state index in [0.717, 1.165) is 20.3 Å². The van der Waals surface area contributed by atoms with Crippen molar-refractivity contribution >= 4 is 34.8 Å². The van der Waals surface area contributed by atoms with Crippen LogP contribution in [0.25, 0.3) is 0 Å². The number of amides is 2. The van der Waals surface area contributed by atoms with Crippen LogP contribution in [0.2, 0.25) is 5.15 Å². The van der Waals surface area contributed by atoms with Gasteiger partial charge in [0.05, 0.1) is 13.7 Å². The van der Waals surface area contributed by atoms with Crippen molar-refractivity contribution in [2.75, 3.05) is 17.7 Å². The summed E-state index contributed by atoms with van der Waals surface area (Å²) in [6, 6.07) is 21.5. The van der Waals surface area contributed by atoms with Crippen LogP contribution in [0.1, 0.15) is 33.5 Å². The molecule has 0 unspecified atom stereocenters. The number of methoxy groups -OCH3 is 1. The minimum Gasteiger partial charge on any atom is -0.497 e. The number of nitrogens with zero attached hydrogens (tertiary/aromatic N) is 2. The zero-order valence-electron chi connectivity index (χ0n) is 23.4. The number of anilines is 2. The highest BCUT2D eigenvalue weighted by Crippen LogP contribution is 2.17. The van der Waals surface area contributed by atoms with Crippen molar-refractivity contribution in [2.24, 2.45) is 7.05 Å². The Morgan fingerprint density at radius 3 is 2.38 bits per heavy atom. The summed E-state index contributed by atoms with van der Waals surface area (Å²) in [6.45, 7) is 1.86. The van der Waals surface area contributed by atoms with Crippen LogP contribution in [0.5, 0.6) is 5.75 Å². The van der Waals surface area contributed by atoms with Crippen molar-refractivity contribution in [1.29, 1.82) is 0 Å². The van der Waals surface area contributed by atoms with Crippen molar-refractivity contribution in [3.05, 3.63) is 121 Å². The van der Waals surface area contributed by atoms with E-state index in [9.17, 15) is 19.2 Å². The van der Waals surface area contributed by atoms with E-state index in [0.29, 0.717) is 29.0 Å². The summed E-state index contributed by atoms with van der Waals surface area (Å²) in [5.74, 6) is 5.72. The second-order valence-electron chi connectivity index (χ2n) is 9.50. The van der Waals surface area contributed by atoms with Gasteiger partial charge in [-0.3, -0.25) is 23.5 Å². The highest BCUT2D eigenvalue weighted by Gasteiger charge is 2.18. The molecule has 4 aromatic rings. The van der Waals surface area contributed by atoms with E-state index in [1.165, 1.54) is 14.2 Å². The fourth-order valence-corrected chi connectivity index (χ4v) is 4.28. The molecule has 0 aliphatic heterocycles. The Kier molecular flexibility index (Phi) is 9.63. The van der Waals surface area contributed by atoms with E-state index in [1.54, 1.807) is 48.5 Å². The van der Waals surface area contributed by atoms with E-state index >= 15 is 0 Å². The molecule has 2 amide bonds. The number of carbonyl (C=O) groups is 2. The first kappa shape index (κ1) is 29.9. The minimum absolute atomic E-state index is 0.119. The van der Waals surface area contributed by atoms with Gasteiger partial charge in [0.25, 0.3) is 11.5 Å². The molecular weight excluding hydrogens is 556 g/mol. The molecule has 4 rings (SSSR count). The summed E-state index contributed by atoms with van der Waals surface area (Å²) in [7, 11) is 2.84.